The lowest BCUT2D eigenvalue weighted by molar-refractivity contribution is -0.137. The molecule has 0 aliphatic heterocycles. The topological polar surface area (TPSA) is 26.0 Å². The molecule has 1 atom stereocenters. The quantitative estimate of drug-likeness (QED) is 0.569. The Balaban J connectivity index is 2.34. The molecule has 21 heavy (non-hydrogen) atoms. The van der Waals surface area contributed by atoms with Crippen molar-refractivity contribution in [3.8, 4) is 0 Å². The zero-order valence-electron chi connectivity index (χ0n) is 12.8. The molecule has 0 aliphatic rings. The van der Waals surface area contributed by atoms with Crippen molar-refractivity contribution in [1.82, 2.24) is 0 Å². The maximum Gasteiger partial charge on any atom is 0.416 e. The van der Waals surface area contributed by atoms with E-state index in [9.17, 15) is 13.2 Å². The van der Waals surface area contributed by atoms with Crippen LogP contribution in [0.5, 0.6) is 0 Å². The highest BCUT2D eigenvalue weighted by Gasteiger charge is 2.30. The zero-order valence-corrected chi connectivity index (χ0v) is 12.8. The molecule has 4 heteroatoms. The number of unbranched alkanes of at least 4 members (excludes halogenated alkanes) is 6. The first-order valence-corrected chi connectivity index (χ1v) is 7.88. The Bertz CT molecular complexity index is 401. The minimum Gasteiger partial charge on any atom is -0.324 e. The van der Waals surface area contributed by atoms with Crippen molar-refractivity contribution in [1.29, 1.82) is 0 Å². The molecule has 1 aromatic carbocycles. The number of alkyl halides is 3. The summed E-state index contributed by atoms with van der Waals surface area (Å²) in [7, 11) is 0. The Morgan fingerprint density at radius 2 is 1.62 bits per heavy atom. The Kier molecular flexibility index (Phi) is 7.79. The first kappa shape index (κ1) is 18.0. The van der Waals surface area contributed by atoms with Crippen molar-refractivity contribution in [2.45, 2.75) is 70.5 Å². The van der Waals surface area contributed by atoms with Gasteiger partial charge in [-0.1, -0.05) is 64.0 Å². The van der Waals surface area contributed by atoms with Crippen LogP contribution >= 0.6 is 0 Å². The average molecular weight is 301 g/mol. The Morgan fingerprint density at radius 1 is 1.00 bits per heavy atom. The Morgan fingerprint density at radius 3 is 2.24 bits per heavy atom. The monoisotopic (exact) mass is 301 g/mol. The van der Waals surface area contributed by atoms with Gasteiger partial charge in [0.2, 0.25) is 0 Å². The van der Waals surface area contributed by atoms with E-state index >= 15 is 0 Å². The second-order valence-corrected chi connectivity index (χ2v) is 5.64. The Hall–Kier alpha value is -1.03. The van der Waals surface area contributed by atoms with E-state index in [0.29, 0.717) is 5.56 Å². The van der Waals surface area contributed by atoms with Crippen LogP contribution in [0.15, 0.2) is 24.3 Å². The normalized spacial score (nSPS) is 13.4. The number of hydrogen-bond donors (Lipinski definition) is 1. The third-order valence-electron chi connectivity index (χ3n) is 3.76. The molecule has 0 amide bonds. The fourth-order valence-corrected chi connectivity index (χ4v) is 2.43. The van der Waals surface area contributed by atoms with Gasteiger partial charge in [0.05, 0.1) is 5.56 Å². The second kappa shape index (κ2) is 9.08. The van der Waals surface area contributed by atoms with E-state index in [1.165, 1.54) is 44.2 Å². The molecule has 0 spiro atoms. The van der Waals surface area contributed by atoms with Crippen LogP contribution in [0.3, 0.4) is 0 Å². The fraction of sp³-hybridized carbons (Fsp3) is 0.647. The number of halogens is 3. The third kappa shape index (κ3) is 6.98. The van der Waals surface area contributed by atoms with E-state index < -0.39 is 11.7 Å². The van der Waals surface area contributed by atoms with Crippen LogP contribution in [0.25, 0.3) is 0 Å². The molecule has 0 aromatic heterocycles. The predicted molar refractivity (Wildman–Crippen MR) is 81.0 cm³/mol. The SMILES string of the molecule is CCCCCCCCCC(N)c1cccc(C(F)(F)F)c1. The van der Waals surface area contributed by atoms with Gasteiger partial charge in [0.15, 0.2) is 0 Å². The molecule has 120 valence electrons. The summed E-state index contributed by atoms with van der Waals surface area (Å²) in [6, 6.07) is 5.07. The minimum absolute atomic E-state index is 0.303. The average Bonchev–Trinajstić information content (AvgIpc) is 2.45. The van der Waals surface area contributed by atoms with Crippen molar-refractivity contribution >= 4 is 0 Å². The molecule has 0 saturated heterocycles. The maximum absolute atomic E-state index is 12.6. The number of benzene rings is 1. The van der Waals surface area contributed by atoms with Crippen LogP contribution in [-0.4, -0.2) is 0 Å². The summed E-state index contributed by atoms with van der Waals surface area (Å²) < 4.78 is 37.9. The molecule has 0 bridgehead atoms. The van der Waals surface area contributed by atoms with Gasteiger partial charge in [-0.3, -0.25) is 0 Å². The Labute approximate surface area is 125 Å². The van der Waals surface area contributed by atoms with Gasteiger partial charge in [-0.15, -0.1) is 0 Å². The molecule has 1 unspecified atom stereocenters. The summed E-state index contributed by atoms with van der Waals surface area (Å²) in [6.07, 6.45) is 4.76. The van der Waals surface area contributed by atoms with E-state index in [4.69, 9.17) is 5.73 Å². The zero-order chi connectivity index (χ0) is 15.7. The molecule has 0 fully saturated rings. The van der Waals surface area contributed by atoms with Crippen LogP contribution in [0, 0.1) is 0 Å². The molecular weight excluding hydrogens is 275 g/mol. The molecule has 2 N–H and O–H groups in total. The molecule has 0 heterocycles. The molecule has 0 aliphatic carbocycles. The largest absolute Gasteiger partial charge is 0.416 e. The van der Waals surface area contributed by atoms with Gasteiger partial charge in [0, 0.05) is 6.04 Å². The molecule has 1 aromatic rings. The lowest BCUT2D eigenvalue weighted by atomic mass is 9.98. The van der Waals surface area contributed by atoms with Crippen LogP contribution < -0.4 is 5.73 Å². The van der Waals surface area contributed by atoms with Gasteiger partial charge >= 0.3 is 6.18 Å². The first-order chi connectivity index (χ1) is 9.95. The van der Waals surface area contributed by atoms with Gasteiger partial charge in [-0.05, 0) is 24.1 Å². The summed E-state index contributed by atoms with van der Waals surface area (Å²) in [5.41, 5.74) is 5.97. The van der Waals surface area contributed by atoms with Crippen LogP contribution in [0.1, 0.15) is 75.5 Å². The molecule has 1 nitrogen and oxygen atoms in total. The van der Waals surface area contributed by atoms with Crippen molar-refractivity contribution in [2.75, 3.05) is 0 Å². The van der Waals surface area contributed by atoms with Crippen LogP contribution in [-0.2, 0) is 6.18 Å². The molecule has 1 rings (SSSR count). The highest BCUT2D eigenvalue weighted by atomic mass is 19.4. The summed E-state index contributed by atoms with van der Waals surface area (Å²) in [4.78, 5) is 0. The van der Waals surface area contributed by atoms with Gasteiger partial charge in [-0.2, -0.15) is 13.2 Å². The second-order valence-electron chi connectivity index (χ2n) is 5.64. The van der Waals surface area contributed by atoms with E-state index in [2.05, 4.69) is 6.92 Å². The fourth-order valence-electron chi connectivity index (χ4n) is 2.43. The number of hydrogen-bond acceptors (Lipinski definition) is 1. The first-order valence-electron chi connectivity index (χ1n) is 7.88. The van der Waals surface area contributed by atoms with Crippen molar-refractivity contribution in [3.63, 3.8) is 0 Å². The summed E-state index contributed by atoms with van der Waals surface area (Å²) in [5, 5.41) is 0. The molecular formula is C17H26F3N. The smallest absolute Gasteiger partial charge is 0.324 e. The minimum atomic E-state index is -4.30. The van der Waals surface area contributed by atoms with E-state index in [0.717, 1.165) is 25.3 Å². The number of rotatable bonds is 9. The van der Waals surface area contributed by atoms with Gasteiger partial charge in [-0.25, -0.2) is 0 Å². The lowest BCUT2D eigenvalue weighted by Gasteiger charge is -2.14. The van der Waals surface area contributed by atoms with E-state index in [1.807, 2.05) is 0 Å². The van der Waals surface area contributed by atoms with Crippen molar-refractivity contribution < 1.29 is 13.2 Å². The maximum atomic E-state index is 12.6. The van der Waals surface area contributed by atoms with E-state index in [1.54, 1.807) is 6.07 Å². The van der Waals surface area contributed by atoms with Crippen LogP contribution in [0.4, 0.5) is 13.2 Å². The summed E-state index contributed by atoms with van der Waals surface area (Å²) in [6.45, 7) is 2.19. The predicted octanol–water partition coefficient (Wildman–Crippen LogP) is 5.85. The van der Waals surface area contributed by atoms with Gasteiger partial charge in [0.1, 0.15) is 0 Å². The molecule has 0 saturated carbocycles. The summed E-state index contributed by atoms with van der Waals surface area (Å²) >= 11 is 0. The highest BCUT2D eigenvalue weighted by Crippen LogP contribution is 2.31. The standard InChI is InChI=1S/C17H26F3N/c1-2-3-4-5-6-7-8-12-16(21)14-10-9-11-15(13-14)17(18,19)20/h9-11,13,16H,2-8,12,21H2,1H3. The van der Waals surface area contributed by atoms with E-state index in [-0.39, 0.29) is 6.04 Å². The van der Waals surface area contributed by atoms with Crippen molar-refractivity contribution in [2.24, 2.45) is 5.73 Å². The third-order valence-corrected chi connectivity index (χ3v) is 3.76. The van der Waals surface area contributed by atoms with Gasteiger partial charge in [0.25, 0.3) is 0 Å². The molecule has 0 radical (unpaired) electrons. The van der Waals surface area contributed by atoms with Gasteiger partial charge < -0.3 is 5.73 Å². The van der Waals surface area contributed by atoms with Crippen LogP contribution in [0.2, 0.25) is 0 Å². The lowest BCUT2D eigenvalue weighted by Crippen LogP contribution is -2.12. The summed E-state index contributed by atoms with van der Waals surface area (Å²) in [5.74, 6) is 0. The highest BCUT2D eigenvalue weighted by molar-refractivity contribution is 5.27. The van der Waals surface area contributed by atoms with Crippen molar-refractivity contribution in [3.05, 3.63) is 35.4 Å². The number of nitrogens with two attached hydrogens (primary N) is 1.